The van der Waals surface area contributed by atoms with E-state index in [0.717, 1.165) is 18.5 Å². The Balaban J connectivity index is 1.30. The van der Waals surface area contributed by atoms with Crippen molar-refractivity contribution in [1.82, 2.24) is 20.0 Å². The molecule has 2 aromatic rings. The minimum absolute atomic E-state index is 0.00838. The Morgan fingerprint density at radius 3 is 2.50 bits per heavy atom. The van der Waals surface area contributed by atoms with E-state index in [1.807, 2.05) is 0 Å². The number of primary amides is 1. The van der Waals surface area contributed by atoms with Crippen LogP contribution < -0.4 is 5.73 Å². The number of hydrogen-bond donors (Lipinski definition) is 2. The van der Waals surface area contributed by atoms with Crippen LogP contribution in [0.4, 0.5) is 0 Å². The summed E-state index contributed by atoms with van der Waals surface area (Å²) in [7, 11) is 0. The van der Waals surface area contributed by atoms with Crippen LogP contribution in [-0.4, -0.2) is 63.3 Å². The molecule has 0 bridgehead atoms. The fourth-order valence-corrected chi connectivity index (χ4v) is 4.12. The maximum absolute atomic E-state index is 12.7. The number of aromatic nitrogens is 2. The number of nitrogens with two attached hydrogens (primary N) is 1. The van der Waals surface area contributed by atoms with Crippen molar-refractivity contribution in [3.05, 3.63) is 52.8 Å². The molecule has 4 rings (SSSR count). The Kier molecular flexibility index (Phi) is 5.35. The minimum atomic E-state index is -0.589. The number of amides is 4. The van der Waals surface area contributed by atoms with Gasteiger partial charge in [-0.25, -0.2) is 0 Å². The summed E-state index contributed by atoms with van der Waals surface area (Å²) in [6.45, 7) is 1.42. The number of imide groups is 1. The van der Waals surface area contributed by atoms with Gasteiger partial charge in [-0.15, -0.1) is 0 Å². The van der Waals surface area contributed by atoms with Crippen molar-refractivity contribution in [1.29, 1.82) is 0 Å². The standard InChI is InChI=1S/C21H23N5O4/c22-19(28)17-11-16(23-24-17)13-5-3-9-25(12-13)18(27)8-4-10-26-20(29)14-6-1-2-7-15(14)21(26)30/h1-2,6-7,11,13H,3-5,8-10,12H2,(H2,22,28)(H,23,24). The van der Waals surface area contributed by atoms with Crippen LogP contribution in [0.25, 0.3) is 0 Å². The molecule has 3 N–H and O–H groups in total. The van der Waals surface area contributed by atoms with Gasteiger partial charge in [-0.1, -0.05) is 12.1 Å². The molecule has 3 heterocycles. The second kappa shape index (κ2) is 8.10. The van der Waals surface area contributed by atoms with Gasteiger partial charge in [-0.05, 0) is 37.5 Å². The summed E-state index contributed by atoms with van der Waals surface area (Å²) in [5.41, 5.74) is 7.07. The highest BCUT2D eigenvalue weighted by atomic mass is 16.2. The number of likely N-dealkylation sites (tertiary alicyclic amines) is 1. The normalized spacial score (nSPS) is 18.6. The number of nitrogens with one attached hydrogen (secondary N) is 1. The highest BCUT2D eigenvalue weighted by Crippen LogP contribution is 2.27. The molecule has 1 saturated heterocycles. The lowest BCUT2D eigenvalue weighted by Gasteiger charge is -2.32. The lowest BCUT2D eigenvalue weighted by Crippen LogP contribution is -2.39. The Labute approximate surface area is 173 Å². The van der Waals surface area contributed by atoms with Crippen LogP contribution in [0.5, 0.6) is 0 Å². The SMILES string of the molecule is NC(=O)c1cc(C2CCCN(C(=O)CCCN3C(=O)c4ccccc4C3=O)C2)[nH]n1. The molecule has 0 radical (unpaired) electrons. The summed E-state index contributed by atoms with van der Waals surface area (Å²) in [5.74, 6) is -1.13. The van der Waals surface area contributed by atoms with E-state index in [4.69, 9.17) is 5.73 Å². The number of H-pyrrole nitrogens is 1. The maximum atomic E-state index is 12.7. The van der Waals surface area contributed by atoms with E-state index in [-0.39, 0.29) is 42.3 Å². The highest BCUT2D eigenvalue weighted by Gasteiger charge is 2.35. The molecular weight excluding hydrogens is 386 g/mol. The molecule has 2 aliphatic rings. The fourth-order valence-electron chi connectivity index (χ4n) is 4.12. The van der Waals surface area contributed by atoms with Gasteiger partial charge in [-0.3, -0.25) is 29.2 Å². The third kappa shape index (κ3) is 3.70. The molecule has 2 aliphatic heterocycles. The second-order valence-corrected chi connectivity index (χ2v) is 7.66. The van der Waals surface area contributed by atoms with E-state index in [0.29, 0.717) is 30.6 Å². The summed E-state index contributed by atoms with van der Waals surface area (Å²) in [6.07, 6.45) is 2.41. The summed E-state index contributed by atoms with van der Waals surface area (Å²) in [4.78, 5) is 51.7. The molecule has 1 fully saturated rings. The van der Waals surface area contributed by atoms with E-state index in [1.165, 1.54) is 4.90 Å². The van der Waals surface area contributed by atoms with Crippen LogP contribution in [0, 0.1) is 0 Å². The zero-order valence-corrected chi connectivity index (χ0v) is 16.5. The molecule has 1 unspecified atom stereocenters. The van der Waals surface area contributed by atoms with Gasteiger partial charge in [0.25, 0.3) is 17.7 Å². The van der Waals surface area contributed by atoms with Crippen molar-refractivity contribution in [2.45, 2.75) is 31.6 Å². The van der Waals surface area contributed by atoms with Crippen LogP contribution in [0.1, 0.15) is 68.5 Å². The average molecular weight is 409 g/mol. The van der Waals surface area contributed by atoms with Gasteiger partial charge in [0, 0.05) is 37.7 Å². The number of benzene rings is 1. The van der Waals surface area contributed by atoms with Crippen LogP contribution in [0.3, 0.4) is 0 Å². The predicted octanol–water partition coefficient (Wildman–Crippen LogP) is 1.29. The first kappa shape index (κ1) is 19.8. The molecule has 30 heavy (non-hydrogen) atoms. The second-order valence-electron chi connectivity index (χ2n) is 7.66. The van der Waals surface area contributed by atoms with Crippen LogP contribution in [0.2, 0.25) is 0 Å². The number of piperidine rings is 1. The number of fused-ring (bicyclic) bond motifs is 1. The van der Waals surface area contributed by atoms with E-state index in [9.17, 15) is 19.2 Å². The van der Waals surface area contributed by atoms with Gasteiger partial charge in [0.05, 0.1) is 11.1 Å². The molecule has 156 valence electrons. The van der Waals surface area contributed by atoms with E-state index in [2.05, 4.69) is 10.2 Å². The molecule has 9 heteroatoms. The van der Waals surface area contributed by atoms with Gasteiger partial charge in [0.15, 0.2) is 0 Å². The van der Waals surface area contributed by atoms with Gasteiger partial charge < -0.3 is 10.6 Å². The number of nitrogens with zero attached hydrogens (tertiary/aromatic N) is 3. The molecule has 4 amide bonds. The zero-order valence-electron chi connectivity index (χ0n) is 16.5. The highest BCUT2D eigenvalue weighted by molar-refractivity contribution is 6.21. The van der Waals surface area contributed by atoms with Crippen molar-refractivity contribution < 1.29 is 19.2 Å². The van der Waals surface area contributed by atoms with Crippen molar-refractivity contribution in [3.8, 4) is 0 Å². The van der Waals surface area contributed by atoms with Gasteiger partial charge in [0.2, 0.25) is 5.91 Å². The van der Waals surface area contributed by atoms with Crippen LogP contribution in [-0.2, 0) is 4.79 Å². The van der Waals surface area contributed by atoms with Crippen LogP contribution in [0.15, 0.2) is 30.3 Å². The van der Waals surface area contributed by atoms with E-state index < -0.39 is 5.91 Å². The minimum Gasteiger partial charge on any atom is -0.364 e. The summed E-state index contributed by atoms with van der Waals surface area (Å²) >= 11 is 0. The summed E-state index contributed by atoms with van der Waals surface area (Å²) < 4.78 is 0. The first-order valence-corrected chi connectivity index (χ1v) is 10.0. The molecule has 0 saturated carbocycles. The smallest absolute Gasteiger partial charge is 0.269 e. The maximum Gasteiger partial charge on any atom is 0.269 e. The molecule has 1 atom stereocenters. The van der Waals surface area contributed by atoms with E-state index in [1.54, 1.807) is 35.2 Å². The Morgan fingerprint density at radius 1 is 1.17 bits per heavy atom. The summed E-state index contributed by atoms with van der Waals surface area (Å²) in [6, 6.07) is 8.40. The topological polar surface area (TPSA) is 129 Å². The quantitative estimate of drug-likeness (QED) is 0.695. The molecule has 0 spiro atoms. The molecule has 0 aliphatic carbocycles. The largest absolute Gasteiger partial charge is 0.364 e. The first-order chi connectivity index (χ1) is 14.5. The predicted molar refractivity (Wildman–Crippen MR) is 107 cm³/mol. The Hall–Kier alpha value is -3.49. The van der Waals surface area contributed by atoms with E-state index >= 15 is 0 Å². The number of carbonyl (C=O) groups excluding carboxylic acids is 4. The van der Waals surface area contributed by atoms with Gasteiger partial charge >= 0.3 is 0 Å². The number of rotatable bonds is 6. The number of hydrogen-bond acceptors (Lipinski definition) is 5. The van der Waals surface area contributed by atoms with Crippen LogP contribution >= 0.6 is 0 Å². The average Bonchev–Trinajstić information content (AvgIpc) is 3.34. The van der Waals surface area contributed by atoms with Gasteiger partial charge in [-0.2, -0.15) is 5.10 Å². The summed E-state index contributed by atoms with van der Waals surface area (Å²) in [5, 5.41) is 6.76. The monoisotopic (exact) mass is 409 g/mol. The van der Waals surface area contributed by atoms with Crippen molar-refractivity contribution in [3.63, 3.8) is 0 Å². The van der Waals surface area contributed by atoms with Crippen molar-refractivity contribution in [2.75, 3.05) is 19.6 Å². The fraction of sp³-hybridized carbons (Fsp3) is 0.381. The lowest BCUT2D eigenvalue weighted by molar-refractivity contribution is -0.132. The third-order valence-corrected chi connectivity index (χ3v) is 5.71. The zero-order chi connectivity index (χ0) is 21.3. The first-order valence-electron chi connectivity index (χ1n) is 10.0. The molecule has 9 nitrogen and oxygen atoms in total. The van der Waals surface area contributed by atoms with Crippen molar-refractivity contribution >= 4 is 23.6 Å². The molecule has 1 aromatic carbocycles. The Morgan fingerprint density at radius 2 is 1.87 bits per heavy atom. The number of carbonyl (C=O) groups is 4. The number of aromatic amines is 1. The van der Waals surface area contributed by atoms with Gasteiger partial charge in [0.1, 0.15) is 5.69 Å². The van der Waals surface area contributed by atoms with Crippen molar-refractivity contribution in [2.24, 2.45) is 5.73 Å². The lowest BCUT2D eigenvalue weighted by atomic mass is 9.94. The third-order valence-electron chi connectivity index (χ3n) is 5.71. The Bertz CT molecular complexity index is 979. The molecular formula is C21H23N5O4. The molecule has 1 aromatic heterocycles.